The second-order valence-electron chi connectivity index (χ2n) is 6.57. The Morgan fingerprint density at radius 1 is 0.774 bits per heavy atom. The van der Waals surface area contributed by atoms with Gasteiger partial charge in [0.15, 0.2) is 6.61 Å². The summed E-state index contributed by atoms with van der Waals surface area (Å²) in [6.45, 7) is -0.270. The predicted molar refractivity (Wildman–Crippen MR) is 120 cm³/mol. The molecule has 9 heteroatoms. The summed E-state index contributed by atoms with van der Waals surface area (Å²) in [6.07, 6.45) is -0.211. The number of hydrogen-bond acceptors (Lipinski definition) is 4. The summed E-state index contributed by atoms with van der Waals surface area (Å²) in [4.78, 5) is 35.7. The van der Waals surface area contributed by atoms with E-state index in [0.717, 1.165) is 10.8 Å². The summed E-state index contributed by atoms with van der Waals surface area (Å²) < 4.78 is 5.44. The van der Waals surface area contributed by atoms with Gasteiger partial charge < -0.3 is 10.1 Å². The third-order valence-corrected chi connectivity index (χ3v) is 4.76. The fourth-order valence-corrected chi connectivity index (χ4v) is 3.13. The Kier molecular flexibility index (Phi) is 7.70. The molecular weight excluding hydrogens is 441 g/mol. The van der Waals surface area contributed by atoms with E-state index >= 15 is 0 Å². The Labute approximate surface area is 188 Å². The van der Waals surface area contributed by atoms with E-state index in [2.05, 4.69) is 16.2 Å². The second-order valence-corrected chi connectivity index (χ2v) is 7.41. The van der Waals surface area contributed by atoms with E-state index in [-0.39, 0.29) is 19.4 Å². The maximum Gasteiger partial charge on any atom is 0.276 e. The highest BCUT2D eigenvalue weighted by molar-refractivity contribution is 6.36. The fourth-order valence-electron chi connectivity index (χ4n) is 2.67. The molecule has 3 aromatic carbocycles. The first kappa shape index (κ1) is 22.4. The minimum absolute atomic E-state index is 0.0890. The lowest BCUT2D eigenvalue weighted by atomic mass is 10.1. The summed E-state index contributed by atoms with van der Waals surface area (Å²) >= 11 is 11.8. The summed E-state index contributed by atoms with van der Waals surface area (Å²) in [7, 11) is 0. The van der Waals surface area contributed by atoms with Gasteiger partial charge in [0.25, 0.3) is 5.91 Å². The van der Waals surface area contributed by atoms with Gasteiger partial charge in [0.2, 0.25) is 11.8 Å². The van der Waals surface area contributed by atoms with E-state index in [4.69, 9.17) is 27.9 Å². The molecule has 0 aliphatic heterocycles. The summed E-state index contributed by atoms with van der Waals surface area (Å²) in [5.41, 5.74) is 4.89. The first-order valence-electron chi connectivity index (χ1n) is 9.35. The average Bonchev–Trinajstić information content (AvgIpc) is 2.76. The van der Waals surface area contributed by atoms with Crippen molar-refractivity contribution in [3.8, 4) is 5.75 Å². The van der Waals surface area contributed by atoms with Crippen LogP contribution in [0.1, 0.15) is 12.8 Å². The molecule has 0 unspecified atom stereocenters. The number of carbonyl (C=O) groups excluding carboxylic acids is 3. The van der Waals surface area contributed by atoms with Gasteiger partial charge in [-0.1, -0.05) is 53.5 Å². The van der Waals surface area contributed by atoms with Crippen LogP contribution in [-0.2, 0) is 14.4 Å². The van der Waals surface area contributed by atoms with E-state index < -0.39 is 17.7 Å². The number of carbonyl (C=O) groups is 3. The Morgan fingerprint density at radius 3 is 2.26 bits per heavy atom. The van der Waals surface area contributed by atoms with Crippen molar-refractivity contribution in [1.29, 1.82) is 0 Å². The molecule has 0 aliphatic rings. The molecule has 0 spiro atoms. The van der Waals surface area contributed by atoms with E-state index in [0.29, 0.717) is 21.5 Å². The molecule has 3 rings (SSSR count). The quantitative estimate of drug-likeness (QED) is 0.463. The van der Waals surface area contributed by atoms with Gasteiger partial charge in [-0.25, -0.2) is 0 Å². The first-order chi connectivity index (χ1) is 14.9. The van der Waals surface area contributed by atoms with E-state index in [1.165, 1.54) is 6.07 Å². The number of fused-ring (bicyclic) bond motifs is 1. The van der Waals surface area contributed by atoms with Crippen LogP contribution in [0.25, 0.3) is 10.8 Å². The Morgan fingerprint density at radius 2 is 1.48 bits per heavy atom. The van der Waals surface area contributed by atoms with Crippen molar-refractivity contribution in [1.82, 2.24) is 10.9 Å². The minimum Gasteiger partial charge on any atom is -0.484 e. The molecule has 0 fully saturated rings. The SMILES string of the molecule is O=C(CCC(=O)Nc1ccc(Cl)cc1Cl)NNC(=O)COc1ccc2ccccc2c1. The number of nitrogens with one attached hydrogen (secondary N) is 3. The zero-order chi connectivity index (χ0) is 22.2. The van der Waals surface area contributed by atoms with Gasteiger partial charge in [0.05, 0.1) is 10.7 Å². The molecule has 0 radical (unpaired) electrons. The van der Waals surface area contributed by atoms with Crippen LogP contribution in [-0.4, -0.2) is 24.3 Å². The lowest BCUT2D eigenvalue weighted by molar-refractivity contribution is -0.130. The number of benzene rings is 3. The molecule has 0 saturated heterocycles. The average molecular weight is 460 g/mol. The van der Waals surface area contributed by atoms with Crippen LogP contribution in [0, 0.1) is 0 Å². The molecule has 0 heterocycles. The van der Waals surface area contributed by atoms with Crippen molar-refractivity contribution in [2.75, 3.05) is 11.9 Å². The number of amides is 3. The zero-order valence-electron chi connectivity index (χ0n) is 16.3. The van der Waals surface area contributed by atoms with Gasteiger partial charge in [-0.3, -0.25) is 25.2 Å². The predicted octanol–water partition coefficient (Wildman–Crippen LogP) is 4.09. The number of rotatable bonds is 7. The van der Waals surface area contributed by atoms with Gasteiger partial charge in [-0.05, 0) is 41.1 Å². The van der Waals surface area contributed by atoms with Crippen molar-refractivity contribution in [3.05, 3.63) is 70.7 Å². The van der Waals surface area contributed by atoms with Crippen molar-refractivity contribution < 1.29 is 19.1 Å². The molecule has 0 atom stereocenters. The standard InChI is InChI=1S/C22H19Cl2N3O4/c23-16-6-8-19(18(24)12-16)25-20(28)9-10-21(29)26-27-22(30)13-31-17-7-5-14-3-1-2-4-15(14)11-17/h1-8,11-12H,9-10,13H2,(H,25,28)(H,26,29)(H,27,30). The Hall–Kier alpha value is -3.29. The molecular formula is C22H19Cl2N3O4. The van der Waals surface area contributed by atoms with Crippen molar-refractivity contribution in [2.24, 2.45) is 0 Å². The highest BCUT2D eigenvalue weighted by atomic mass is 35.5. The summed E-state index contributed by atoms with van der Waals surface area (Å²) in [5, 5.41) is 5.39. The molecule has 0 aromatic heterocycles. The van der Waals surface area contributed by atoms with Gasteiger partial charge in [0, 0.05) is 17.9 Å². The molecule has 3 amide bonds. The first-order valence-corrected chi connectivity index (χ1v) is 10.1. The smallest absolute Gasteiger partial charge is 0.276 e. The number of ether oxygens (including phenoxy) is 1. The topological polar surface area (TPSA) is 96.5 Å². The van der Waals surface area contributed by atoms with Crippen LogP contribution >= 0.6 is 23.2 Å². The lowest BCUT2D eigenvalue weighted by Crippen LogP contribution is -2.44. The van der Waals surface area contributed by atoms with Gasteiger partial charge >= 0.3 is 0 Å². The molecule has 0 aliphatic carbocycles. The number of halogens is 2. The summed E-state index contributed by atoms with van der Waals surface area (Å²) in [5.74, 6) is -0.904. The lowest BCUT2D eigenvalue weighted by Gasteiger charge is -2.10. The minimum atomic E-state index is -0.529. The third-order valence-electron chi connectivity index (χ3n) is 4.22. The van der Waals surface area contributed by atoms with Crippen LogP contribution in [0.2, 0.25) is 10.0 Å². The monoisotopic (exact) mass is 459 g/mol. The van der Waals surface area contributed by atoms with Crippen molar-refractivity contribution in [3.63, 3.8) is 0 Å². The molecule has 3 aromatic rings. The molecule has 7 nitrogen and oxygen atoms in total. The molecule has 31 heavy (non-hydrogen) atoms. The van der Waals surface area contributed by atoms with E-state index in [1.807, 2.05) is 36.4 Å². The maximum absolute atomic E-state index is 12.0. The van der Waals surface area contributed by atoms with Gasteiger partial charge in [0.1, 0.15) is 5.75 Å². The number of hydrogen-bond donors (Lipinski definition) is 3. The zero-order valence-corrected chi connectivity index (χ0v) is 17.8. The number of anilines is 1. The van der Waals surface area contributed by atoms with E-state index in [9.17, 15) is 14.4 Å². The number of hydrazine groups is 1. The van der Waals surface area contributed by atoms with E-state index in [1.54, 1.807) is 18.2 Å². The van der Waals surface area contributed by atoms with Crippen LogP contribution in [0.3, 0.4) is 0 Å². The van der Waals surface area contributed by atoms with Crippen molar-refractivity contribution in [2.45, 2.75) is 12.8 Å². The molecule has 0 bridgehead atoms. The van der Waals surface area contributed by atoms with Gasteiger partial charge in [-0.2, -0.15) is 0 Å². The van der Waals surface area contributed by atoms with Crippen LogP contribution in [0.15, 0.2) is 60.7 Å². The highest BCUT2D eigenvalue weighted by Crippen LogP contribution is 2.25. The maximum atomic E-state index is 12.0. The van der Waals surface area contributed by atoms with Crippen molar-refractivity contribution >= 4 is 57.4 Å². The molecule has 3 N–H and O–H groups in total. The van der Waals surface area contributed by atoms with Crippen LogP contribution in [0.4, 0.5) is 5.69 Å². The Balaban J connectivity index is 1.36. The summed E-state index contributed by atoms with van der Waals surface area (Å²) in [6, 6.07) is 17.9. The highest BCUT2D eigenvalue weighted by Gasteiger charge is 2.11. The third kappa shape index (κ3) is 6.87. The fraction of sp³-hybridized carbons (Fsp3) is 0.136. The normalized spacial score (nSPS) is 10.4. The molecule has 160 valence electrons. The second kappa shape index (κ2) is 10.7. The largest absolute Gasteiger partial charge is 0.484 e. The molecule has 0 saturated carbocycles. The van der Waals surface area contributed by atoms with Crippen LogP contribution in [0.5, 0.6) is 5.75 Å². The van der Waals surface area contributed by atoms with Crippen LogP contribution < -0.4 is 20.9 Å². The Bertz CT molecular complexity index is 1120. The van der Waals surface area contributed by atoms with Gasteiger partial charge in [-0.15, -0.1) is 0 Å².